The van der Waals surface area contributed by atoms with Crippen LogP contribution in [0, 0.1) is 0 Å². The van der Waals surface area contributed by atoms with E-state index in [0.717, 1.165) is 0 Å². The number of hydrogen-bond acceptors (Lipinski definition) is 9. The molecule has 200 valence electrons. The summed E-state index contributed by atoms with van der Waals surface area (Å²) in [5, 5.41) is 0.536. The number of nitrogens with zero attached hydrogens (tertiary/aromatic N) is 2. The number of rotatable bonds is 9. The Morgan fingerprint density at radius 3 is 2.29 bits per heavy atom. The number of carbonyl (C=O) groups excluding carboxylic acids is 1. The fourth-order valence-corrected chi connectivity index (χ4v) is 5.35. The van der Waals surface area contributed by atoms with Gasteiger partial charge in [-0.2, -0.15) is 0 Å². The first-order valence-electron chi connectivity index (χ1n) is 11.6. The van der Waals surface area contributed by atoms with Gasteiger partial charge in [0, 0.05) is 12.1 Å². The highest BCUT2D eigenvalue weighted by atomic mass is 35.5. The van der Waals surface area contributed by atoms with Crippen molar-refractivity contribution in [1.29, 1.82) is 0 Å². The molecular weight excluding hydrogens is 532 g/mol. The lowest BCUT2D eigenvalue weighted by molar-refractivity contribution is -0.140. The molecule has 0 saturated carbocycles. The Morgan fingerprint density at radius 1 is 1.05 bits per heavy atom. The highest BCUT2D eigenvalue weighted by Crippen LogP contribution is 2.38. The van der Waals surface area contributed by atoms with Crippen molar-refractivity contribution in [3.05, 3.63) is 83.5 Å². The van der Waals surface area contributed by atoms with E-state index < -0.39 is 12.0 Å². The lowest BCUT2D eigenvalue weighted by Crippen LogP contribution is -2.40. The smallest absolute Gasteiger partial charge is 0.338 e. The summed E-state index contributed by atoms with van der Waals surface area (Å²) >= 11 is 7.34. The zero-order chi connectivity index (χ0) is 27.4. The summed E-state index contributed by atoms with van der Waals surface area (Å²) in [4.78, 5) is 32.0. The van der Waals surface area contributed by atoms with Crippen molar-refractivity contribution in [2.45, 2.75) is 13.0 Å². The topological polar surface area (TPSA) is 97.6 Å². The standard InChI is InChI=1S/C27H27ClN2O7S/c1-15-22(26(32)37-11-10-33-2)23(17-6-8-18(28)9-7-17)30-25(31)21(38-27(30)29-15)14-16-12-19(34-3)24(36-5)20(13-16)35-4/h6-9,12-14,23H,10-11H2,1-5H3. The van der Waals surface area contributed by atoms with Gasteiger partial charge in [0.1, 0.15) is 6.61 Å². The molecule has 0 aliphatic carbocycles. The summed E-state index contributed by atoms with van der Waals surface area (Å²) < 4.78 is 28.6. The third-order valence-electron chi connectivity index (χ3n) is 5.93. The van der Waals surface area contributed by atoms with Crippen molar-refractivity contribution in [2.75, 3.05) is 41.7 Å². The molecule has 3 aromatic rings. The predicted molar refractivity (Wildman–Crippen MR) is 144 cm³/mol. The zero-order valence-electron chi connectivity index (χ0n) is 21.6. The average molecular weight is 559 g/mol. The molecule has 1 aromatic heterocycles. The van der Waals surface area contributed by atoms with Crippen LogP contribution in [0.4, 0.5) is 0 Å². The van der Waals surface area contributed by atoms with Crippen LogP contribution in [0.5, 0.6) is 17.2 Å². The van der Waals surface area contributed by atoms with E-state index in [2.05, 4.69) is 4.99 Å². The van der Waals surface area contributed by atoms with Gasteiger partial charge in [0.05, 0.1) is 49.8 Å². The molecule has 0 bridgehead atoms. The number of methoxy groups -OCH3 is 4. The molecule has 0 N–H and O–H groups in total. The molecular formula is C27H27ClN2O7S. The van der Waals surface area contributed by atoms with E-state index >= 15 is 0 Å². The summed E-state index contributed by atoms with van der Waals surface area (Å²) in [6.45, 7) is 2.05. The maximum atomic E-state index is 13.8. The van der Waals surface area contributed by atoms with E-state index in [1.165, 1.54) is 44.3 Å². The van der Waals surface area contributed by atoms with Crippen molar-refractivity contribution in [1.82, 2.24) is 4.57 Å². The summed E-state index contributed by atoms with van der Waals surface area (Å²) in [6.07, 6.45) is 1.73. The molecule has 1 unspecified atom stereocenters. The van der Waals surface area contributed by atoms with E-state index in [0.29, 0.717) is 48.4 Å². The molecule has 2 heterocycles. The van der Waals surface area contributed by atoms with E-state index in [1.54, 1.807) is 49.4 Å². The molecule has 9 nitrogen and oxygen atoms in total. The highest BCUT2D eigenvalue weighted by molar-refractivity contribution is 7.07. The van der Waals surface area contributed by atoms with Crippen LogP contribution in [-0.2, 0) is 14.3 Å². The summed E-state index contributed by atoms with van der Waals surface area (Å²) in [7, 11) is 6.09. The van der Waals surface area contributed by atoms with E-state index in [4.69, 9.17) is 35.3 Å². The maximum Gasteiger partial charge on any atom is 0.338 e. The van der Waals surface area contributed by atoms with Crippen molar-refractivity contribution in [3.63, 3.8) is 0 Å². The number of ether oxygens (including phenoxy) is 5. The summed E-state index contributed by atoms with van der Waals surface area (Å²) in [5.74, 6) is 0.800. The van der Waals surface area contributed by atoms with Gasteiger partial charge in [0.15, 0.2) is 16.3 Å². The molecule has 1 aliphatic rings. The predicted octanol–water partition coefficient (Wildman–Crippen LogP) is 3.10. The van der Waals surface area contributed by atoms with Gasteiger partial charge in [-0.05, 0) is 48.4 Å². The molecule has 1 atom stereocenters. The molecule has 4 rings (SSSR count). The number of fused-ring (bicyclic) bond motifs is 1. The molecule has 0 saturated heterocycles. The van der Waals surface area contributed by atoms with Gasteiger partial charge in [-0.1, -0.05) is 35.1 Å². The van der Waals surface area contributed by atoms with Crippen molar-refractivity contribution < 1.29 is 28.5 Å². The fraction of sp³-hybridized carbons (Fsp3) is 0.296. The first-order valence-corrected chi connectivity index (χ1v) is 12.8. The zero-order valence-corrected chi connectivity index (χ0v) is 23.1. The summed E-state index contributed by atoms with van der Waals surface area (Å²) in [5.41, 5.74) is 1.80. The second-order valence-corrected chi connectivity index (χ2v) is 9.67. The number of halogens is 1. The van der Waals surface area contributed by atoms with Crippen molar-refractivity contribution in [2.24, 2.45) is 4.99 Å². The van der Waals surface area contributed by atoms with Crippen LogP contribution in [0.15, 0.2) is 57.5 Å². The molecule has 0 radical (unpaired) electrons. The van der Waals surface area contributed by atoms with Crippen molar-refractivity contribution in [3.8, 4) is 17.2 Å². The fourth-order valence-electron chi connectivity index (χ4n) is 4.17. The molecule has 1 aliphatic heterocycles. The van der Waals surface area contributed by atoms with Crippen LogP contribution >= 0.6 is 22.9 Å². The Bertz CT molecular complexity index is 1530. The van der Waals surface area contributed by atoms with Crippen LogP contribution < -0.4 is 29.1 Å². The molecule has 38 heavy (non-hydrogen) atoms. The van der Waals surface area contributed by atoms with Gasteiger partial charge in [0.25, 0.3) is 5.56 Å². The molecule has 0 fully saturated rings. The average Bonchev–Trinajstić information content (AvgIpc) is 3.21. The minimum atomic E-state index is -0.749. The van der Waals surface area contributed by atoms with Gasteiger partial charge in [0.2, 0.25) is 5.75 Å². The normalized spacial score (nSPS) is 15.1. The first kappa shape index (κ1) is 27.4. The van der Waals surface area contributed by atoms with Crippen LogP contribution in [-0.4, -0.2) is 52.2 Å². The number of aromatic nitrogens is 1. The largest absolute Gasteiger partial charge is 0.493 e. The molecule has 11 heteroatoms. The number of hydrogen-bond donors (Lipinski definition) is 0. The lowest BCUT2D eigenvalue weighted by Gasteiger charge is -2.24. The van der Waals surface area contributed by atoms with E-state index in [1.807, 2.05) is 0 Å². The van der Waals surface area contributed by atoms with Gasteiger partial charge < -0.3 is 23.7 Å². The Labute approximate surface area is 228 Å². The minimum Gasteiger partial charge on any atom is -0.493 e. The quantitative estimate of drug-likeness (QED) is 0.294. The molecule has 0 amide bonds. The third-order valence-corrected chi connectivity index (χ3v) is 7.17. The maximum absolute atomic E-state index is 13.8. The number of esters is 1. The van der Waals surface area contributed by atoms with Crippen LogP contribution in [0.2, 0.25) is 5.02 Å². The monoisotopic (exact) mass is 558 g/mol. The van der Waals surface area contributed by atoms with E-state index in [-0.39, 0.29) is 24.3 Å². The first-order chi connectivity index (χ1) is 18.3. The van der Waals surface area contributed by atoms with Gasteiger partial charge in [-0.25, -0.2) is 9.79 Å². The molecule has 2 aromatic carbocycles. The number of benzene rings is 2. The Hall–Kier alpha value is -3.60. The Balaban J connectivity index is 1.89. The van der Waals surface area contributed by atoms with Gasteiger partial charge in [-0.3, -0.25) is 9.36 Å². The molecule has 0 spiro atoms. The van der Waals surface area contributed by atoms with E-state index in [9.17, 15) is 9.59 Å². The van der Waals surface area contributed by atoms with Crippen molar-refractivity contribution >= 4 is 35.0 Å². The lowest BCUT2D eigenvalue weighted by atomic mass is 9.96. The van der Waals surface area contributed by atoms with Gasteiger partial charge in [-0.15, -0.1) is 0 Å². The van der Waals surface area contributed by atoms with Crippen LogP contribution in [0.3, 0.4) is 0 Å². The summed E-state index contributed by atoms with van der Waals surface area (Å²) in [6, 6.07) is 9.74. The Morgan fingerprint density at radius 2 is 1.71 bits per heavy atom. The van der Waals surface area contributed by atoms with Crippen LogP contribution in [0.1, 0.15) is 24.1 Å². The minimum absolute atomic E-state index is 0.0744. The SMILES string of the molecule is COCCOC(=O)C1=C(C)N=c2sc(=Cc3cc(OC)c(OC)c(OC)c3)c(=O)n2C1c1ccc(Cl)cc1. The second-order valence-electron chi connectivity index (χ2n) is 8.22. The van der Waals surface area contributed by atoms with Crippen LogP contribution in [0.25, 0.3) is 6.08 Å². The third kappa shape index (κ3) is 5.33. The number of allylic oxidation sites excluding steroid dienone is 1. The Kier molecular flexibility index (Phi) is 8.55. The number of thiazole rings is 1. The van der Waals surface area contributed by atoms with Gasteiger partial charge >= 0.3 is 5.97 Å². The highest BCUT2D eigenvalue weighted by Gasteiger charge is 2.33. The number of carbonyl (C=O) groups is 1. The second kappa shape index (κ2) is 11.8.